The van der Waals surface area contributed by atoms with E-state index in [1.54, 1.807) is 0 Å². The Kier molecular flexibility index (Phi) is 6.51. The summed E-state index contributed by atoms with van der Waals surface area (Å²) in [6.45, 7) is 2.69. The molecule has 1 aromatic carbocycles. The highest BCUT2D eigenvalue weighted by Gasteiger charge is 2.19. The van der Waals surface area contributed by atoms with Gasteiger partial charge in [-0.25, -0.2) is 0 Å². The van der Waals surface area contributed by atoms with Gasteiger partial charge in [0.2, 0.25) is 0 Å². The number of aliphatic hydroxyl groups is 1. The first kappa shape index (κ1) is 13.9. The number of ether oxygens (including phenoxy) is 1. The lowest BCUT2D eigenvalue weighted by atomic mass is 9.90. The number of carbonyl (C=O) groups excluding carboxylic acids is 1. The lowest BCUT2D eigenvalue weighted by Gasteiger charge is -2.15. The zero-order valence-electron chi connectivity index (χ0n) is 10.3. The van der Waals surface area contributed by atoms with E-state index >= 15 is 0 Å². The van der Waals surface area contributed by atoms with Gasteiger partial charge in [0.15, 0.2) is 5.78 Å². The van der Waals surface area contributed by atoms with Gasteiger partial charge in [-0.2, -0.15) is 0 Å². The van der Waals surface area contributed by atoms with E-state index in [9.17, 15) is 4.79 Å². The second-order valence-corrected chi connectivity index (χ2v) is 3.93. The van der Waals surface area contributed by atoms with E-state index in [1.165, 1.54) is 0 Å². The first-order valence-corrected chi connectivity index (χ1v) is 6.05. The molecule has 0 aromatic heterocycles. The average molecular weight is 236 g/mol. The fraction of sp³-hybridized carbons (Fsp3) is 0.500. The number of benzene rings is 1. The summed E-state index contributed by atoms with van der Waals surface area (Å²) < 4.78 is 5.17. The first-order valence-electron chi connectivity index (χ1n) is 6.05. The summed E-state index contributed by atoms with van der Waals surface area (Å²) in [6.07, 6.45) is 1.31. The van der Waals surface area contributed by atoms with Crippen LogP contribution in [0, 0.1) is 0 Å². The van der Waals surface area contributed by atoms with E-state index in [0.717, 1.165) is 5.56 Å². The molecule has 1 unspecified atom stereocenters. The van der Waals surface area contributed by atoms with Gasteiger partial charge in [0.05, 0.1) is 0 Å². The summed E-state index contributed by atoms with van der Waals surface area (Å²) in [5.74, 6) is -0.0681. The SMILES string of the molecule is CCOCC(=O)C(CCCO)c1ccccc1. The van der Waals surface area contributed by atoms with E-state index in [-0.39, 0.29) is 24.9 Å². The number of hydrogen-bond acceptors (Lipinski definition) is 3. The highest BCUT2D eigenvalue weighted by molar-refractivity contribution is 5.86. The zero-order valence-corrected chi connectivity index (χ0v) is 10.3. The van der Waals surface area contributed by atoms with Crippen LogP contribution in [0.2, 0.25) is 0 Å². The van der Waals surface area contributed by atoms with Crippen molar-refractivity contribution >= 4 is 5.78 Å². The van der Waals surface area contributed by atoms with Crippen LogP contribution in [0.4, 0.5) is 0 Å². The van der Waals surface area contributed by atoms with Crippen LogP contribution < -0.4 is 0 Å². The molecule has 0 spiro atoms. The molecule has 1 aromatic rings. The molecule has 94 valence electrons. The molecule has 0 heterocycles. The first-order chi connectivity index (χ1) is 8.29. The second kappa shape index (κ2) is 7.98. The molecule has 0 radical (unpaired) electrons. The second-order valence-electron chi connectivity index (χ2n) is 3.93. The Balaban J connectivity index is 2.69. The number of aliphatic hydroxyl groups excluding tert-OH is 1. The molecule has 0 saturated heterocycles. The highest BCUT2D eigenvalue weighted by Crippen LogP contribution is 2.22. The maximum absolute atomic E-state index is 12.0. The van der Waals surface area contributed by atoms with E-state index in [2.05, 4.69) is 0 Å². The maximum atomic E-state index is 12.0. The molecule has 0 aliphatic carbocycles. The summed E-state index contributed by atoms with van der Waals surface area (Å²) in [5, 5.41) is 8.88. The molecule has 17 heavy (non-hydrogen) atoms. The van der Waals surface area contributed by atoms with Crippen LogP contribution >= 0.6 is 0 Å². The van der Waals surface area contributed by atoms with E-state index in [4.69, 9.17) is 9.84 Å². The van der Waals surface area contributed by atoms with Crippen molar-refractivity contribution in [1.29, 1.82) is 0 Å². The van der Waals surface area contributed by atoms with Gasteiger partial charge in [-0.1, -0.05) is 30.3 Å². The highest BCUT2D eigenvalue weighted by atomic mass is 16.5. The topological polar surface area (TPSA) is 46.5 Å². The van der Waals surface area contributed by atoms with Crippen molar-refractivity contribution in [2.45, 2.75) is 25.7 Å². The smallest absolute Gasteiger partial charge is 0.165 e. The van der Waals surface area contributed by atoms with Gasteiger partial charge in [0, 0.05) is 19.1 Å². The van der Waals surface area contributed by atoms with Crippen LogP contribution in [-0.4, -0.2) is 30.7 Å². The molecule has 0 saturated carbocycles. The Bertz CT molecular complexity index is 321. The molecule has 0 amide bonds. The standard InChI is InChI=1S/C14H20O3/c1-2-17-11-14(16)13(9-6-10-15)12-7-4-3-5-8-12/h3-5,7-8,13,15H,2,6,9-11H2,1H3. The minimum absolute atomic E-state index is 0.0894. The van der Waals surface area contributed by atoms with Crippen molar-refractivity contribution < 1.29 is 14.6 Å². The van der Waals surface area contributed by atoms with Gasteiger partial charge < -0.3 is 9.84 Å². The summed E-state index contributed by atoms with van der Waals surface area (Å²) >= 11 is 0. The summed E-state index contributed by atoms with van der Waals surface area (Å²) in [4.78, 5) is 12.0. The third-order valence-electron chi connectivity index (χ3n) is 2.69. The van der Waals surface area contributed by atoms with Crippen molar-refractivity contribution in [1.82, 2.24) is 0 Å². The third kappa shape index (κ3) is 4.67. The van der Waals surface area contributed by atoms with Crippen molar-refractivity contribution in [3.05, 3.63) is 35.9 Å². The lowest BCUT2D eigenvalue weighted by molar-refractivity contribution is -0.125. The van der Waals surface area contributed by atoms with Gasteiger partial charge in [-0.05, 0) is 25.3 Å². The van der Waals surface area contributed by atoms with Crippen molar-refractivity contribution in [2.24, 2.45) is 0 Å². The third-order valence-corrected chi connectivity index (χ3v) is 2.69. The van der Waals surface area contributed by atoms with E-state index in [1.807, 2.05) is 37.3 Å². The van der Waals surface area contributed by atoms with Crippen LogP contribution in [0.1, 0.15) is 31.2 Å². The maximum Gasteiger partial charge on any atom is 0.165 e. The predicted molar refractivity (Wildman–Crippen MR) is 67.0 cm³/mol. The van der Waals surface area contributed by atoms with Gasteiger partial charge in [0.1, 0.15) is 6.61 Å². The Morgan fingerprint density at radius 1 is 1.35 bits per heavy atom. The minimum Gasteiger partial charge on any atom is -0.396 e. The fourth-order valence-corrected chi connectivity index (χ4v) is 1.80. The number of ketones is 1. The van der Waals surface area contributed by atoms with Crippen molar-refractivity contribution in [2.75, 3.05) is 19.8 Å². The van der Waals surface area contributed by atoms with Gasteiger partial charge in [-0.15, -0.1) is 0 Å². The van der Waals surface area contributed by atoms with Crippen molar-refractivity contribution in [3.8, 4) is 0 Å². The molecule has 1 atom stereocenters. The van der Waals surface area contributed by atoms with Crippen molar-refractivity contribution in [3.63, 3.8) is 0 Å². The van der Waals surface area contributed by atoms with Crippen LogP contribution in [0.15, 0.2) is 30.3 Å². The summed E-state index contributed by atoms with van der Waals surface area (Å²) in [5.41, 5.74) is 1.01. The average Bonchev–Trinajstić information content (AvgIpc) is 2.38. The molecule has 0 bridgehead atoms. The largest absolute Gasteiger partial charge is 0.396 e. The number of hydrogen-bond donors (Lipinski definition) is 1. The van der Waals surface area contributed by atoms with Crippen LogP contribution in [0.25, 0.3) is 0 Å². The number of carbonyl (C=O) groups is 1. The Morgan fingerprint density at radius 3 is 2.65 bits per heavy atom. The van der Waals surface area contributed by atoms with Crippen LogP contribution in [-0.2, 0) is 9.53 Å². The van der Waals surface area contributed by atoms with E-state index < -0.39 is 0 Å². The molecule has 0 aliphatic rings. The predicted octanol–water partition coefficient (Wildman–Crippen LogP) is 2.15. The summed E-state index contributed by atoms with van der Waals surface area (Å²) in [7, 11) is 0. The number of rotatable bonds is 8. The molecule has 1 N–H and O–H groups in total. The molecular weight excluding hydrogens is 216 g/mol. The van der Waals surface area contributed by atoms with Gasteiger partial charge in [-0.3, -0.25) is 4.79 Å². The van der Waals surface area contributed by atoms with Crippen LogP contribution in [0.5, 0.6) is 0 Å². The van der Waals surface area contributed by atoms with Gasteiger partial charge in [0.25, 0.3) is 0 Å². The quantitative estimate of drug-likeness (QED) is 0.752. The fourth-order valence-electron chi connectivity index (χ4n) is 1.80. The minimum atomic E-state index is -0.158. The molecular formula is C14H20O3. The molecule has 1 rings (SSSR count). The van der Waals surface area contributed by atoms with E-state index in [0.29, 0.717) is 19.4 Å². The Morgan fingerprint density at radius 2 is 2.06 bits per heavy atom. The Hall–Kier alpha value is -1.19. The zero-order chi connectivity index (χ0) is 12.5. The molecule has 3 heteroatoms. The Labute approximate surface area is 102 Å². The number of Topliss-reactive ketones (excluding diaryl/α,β-unsaturated/α-hetero) is 1. The lowest BCUT2D eigenvalue weighted by Crippen LogP contribution is -2.19. The molecule has 3 nitrogen and oxygen atoms in total. The molecule has 0 fully saturated rings. The summed E-state index contributed by atoms with van der Waals surface area (Å²) in [6, 6.07) is 9.68. The molecule has 0 aliphatic heterocycles. The van der Waals surface area contributed by atoms with Crippen LogP contribution in [0.3, 0.4) is 0 Å². The van der Waals surface area contributed by atoms with Gasteiger partial charge >= 0.3 is 0 Å². The monoisotopic (exact) mass is 236 g/mol. The normalized spacial score (nSPS) is 12.4.